The van der Waals surface area contributed by atoms with Gasteiger partial charge in [0.25, 0.3) is 0 Å². The highest BCUT2D eigenvalue weighted by atomic mass is 32.2. The van der Waals surface area contributed by atoms with Gasteiger partial charge in [-0.1, -0.05) is 0 Å². The molecule has 5 nitrogen and oxygen atoms in total. The molecule has 72 valence electrons. The molecule has 0 aliphatic carbocycles. The first-order chi connectivity index (χ1) is 5.93. The van der Waals surface area contributed by atoms with Crippen LogP contribution in [0, 0.1) is 0 Å². The van der Waals surface area contributed by atoms with Crippen LogP contribution in [-0.4, -0.2) is 27.5 Å². The molecule has 0 saturated carbocycles. The Morgan fingerprint density at radius 3 is 2.46 bits per heavy atom. The summed E-state index contributed by atoms with van der Waals surface area (Å²) in [5.74, 6) is 0.352. The summed E-state index contributed by atoms with van der Waals surface area (Å²) < 4.78 is 22.1. The first-order valence-corrected chi connectivity index (χ1v) is 5.12. The fourth-order valence-corrected chi connectivity index (χ4v) is 1.70. The van der Waals surface area contributed by atoms with Gasteiger partial charge in [0.1, 0.15) is 10.7 Å². The molecule has 1 aromatic heterocycles. The lowest BCUT2D eigenvalue weighted by Gasteiger charge is -2.13. The maximum Gasteiger partial charge on any atom is 0.241 e. The van der Waals surface area contributed by atoms with Crippen LogP contribution in [0.25, 0.3) is 0 Å². The number of aromatic nitrogens is 1. The maximum atomic E-state index is 11.1. The van der Waals surface area contributed by atoms with Gasteiger partial charge in [0, 0.05) is 20.3 Å². The molecular formula is C7H11N3O2S. The van der Waals surface area contributed by atoms with E-state index < -0.39 is 10.0 Å². The highest BCUT2D eigenvalue weighted by Gasteiger charge is 2.15. The second kappa shape index (κ2) is 3.31. The second-order valence-corrected chi connectivity index (χ2v) is 4.29. The lowest BCUT2D eigenvalue weighted by molar-refractivity contribution is 0.597. The SMILES string of the molecule is CN(C)c1ncccc1S(N)(=O)=O. The van der Waals surface area contributed by atoms with Crippen molar-refractivity contribution in [2.45, 2.75) is 4.90 Å². The number of rotatable bonds is 2. The fourth-order valence-electron chi connectivity index (χ4n) is 0.940. The van der Waals surface area contributed by atoms with Gasteiger partial charge in [-0.3, -0.25) is 0 Å². The van der Waals surface area contributed by atoms with Crippen molar-refractivity contribution in [1.29, 1.82) is 0 Å². The predicted octanol–water partition coefficient (Wildman–Crippen LogP) is -0.205. The van der Waals surface area contributed by atoms with Gasteiger partial charge in [-0.15, -0.1) is 0 Å². The number of pyridine rings is 1. The summed E-state index contributed by atoms with van der Waals surface area (Å²) in [4.78, 5) is 5.55. The molecule has 0 aliphatic heterocycles. The zero-order valence-corrected chi connectivity index (χ0v) is 8.25. The van der Waals surface area contributed by atoms with Crippen LogP contribution in [0.1, 0.15) is 0 Å². The van der Waals surface area contributed by atoms with Crippen LogP contribution in [-0.2, 0) is 10.0 Å². The number of hydrogen-bond donors (Lipinski definition) is 1. The van der Waals surface area contributed by atoms with E-state index in [9.17, 15) is 8.42 Å². The molecule has 0 bridgehead atoms. The Morgan fingerprint density at radius 1 is 1.46 bits per heavy atom. The quantitative estimate of drug-likeness (QED) is 0.718. The first kappa shape index (κ1) is 9.94. The molecule has 0 amide bonds. The number of hydrogen-bond acceptors (Lipinski definition) is 4. The van der Waals surface area contributed by atoms with E-state index in [4.69, 9.17) is 5.14 Å². The Morgan fingerprint density at radius 2 is 2.08 bits per heavy atom. The summed E-state index contributed by atoms with van der Waals surface area (Å²) in [5.41, 5.74) is 0. The Hall–Kier alpha value is -1.14. The number of sulfonamides is 1. The number of primary sulfonamides is 1. The van der Waals surface area contributed by atoms with Gasteiger partial charge in [-0.25, -0.2) is 18.5 Å². The van der Waals surface area contributed by atoms with Crippen molar-refractivity contribution in [3.63, 3.8) is 0 Å². The van der Waals surface area contributed by atoms with E-state index in [1.54, 1.807) is 19.0 Å². The van der Waals surface area contributed by atoms with E-state index in [0.717, 1.165) is 0 Å². The maximum absolute atomic E-state index is 11.1. The number of nitrogens with two attached hydrogens (primary N) is 1. The molecule has 0 aliphatic rings. The minimum Gasteiger partial charge on any atom is -0.362 e. The zero-order chi connectivity index (χ0) is 10.1. The Bertz CT molecular complexity index is 400. The molecule has 1 rings (SSSR count). The zero-order valence-electron chi connectivity index (χ0n) is 7.43. The average molecular weight is 201 g/mol. The van der Waals surface area contributed by atoms with Crippen molar-refractivity contribution < 1.29 is 8.42 Å². The van der Waals surface area contributed by atoms with Crippen LogP contribution in [0.3, 0.4) is 0 Å². The van der Waals surface area contributed by atoms with Crippen LogP contribution in [0.4, 0.5) is 5.82 Å². The first-order valence-electron chi connectivity index (χ1n) is 3.58. The van der Waals surface area contributed by atoms with Crippen LogP contribution in [0.2, 0.25) is 0 Å². The van der Waals surface area contributed by atoms with Crippen molar-refractivity contribution >= 4 is 15.8 Å². The molecule has 0 saturated heterocycles. The lowest BCUT2D eigenvalue weighted by atomic mass is 10.4. The normalized spacial score (nSPS) is 11.3. The minimum atomic E-state index is -3.68. The predicted molar refractivity (Wildman–Crippen MR) is 49.9 cm³/mol. The van der Waals surface area contributed by atoms with Gasteiger partial charge in [-0.05, 0) is 12.1 Å². The van der Waals surface area contributed by atoms with Gasteiger partial charge in [0.15, 0.2) is 0 Å². The Balaban J connectivity index is 3.37. The molecule has 1 heterocycles. The largest absolute Gasteiger partial charge is 0.362 e. The van der Waals surface area contributed by atoms with Gasteiger partial charge in [0.2, 0.25) is 10.0 Å². The highest BCUT2D eigenvalue weighted by Crippen LogP contribution is 2.17. The summed E-state index contributed by atoms with van der Waals surface area (Å²) in [6, 6.07) is 2.96. The summed E-state index contributed by atoms with van der Waals surface area (Å²) in [7, 11) is -0.272. The third-order valence-corrected chi connectivity index (χ3v) is 2.41. The summed E-state index contributed by atoms with van der Waals surface area (Å²) in [6.07, 6.45) is 1.52. The van der Waals surface area contributed by atoms with E-state index in [0.29, 0.717) is 5.82 Å². The van der Waals surface area contributed by atoms with Crippen LogP contribution in [0.15, 0.2) is 23.2 Å². The monoisotopic (exact) mass is 201 g/mol. The van der Waals surface area contributed by atoms with Crippen LogP contribution in [0.5, 0.6) is 0 Å². The number of anilines is 1. The smallest absolute Gasteiger partial charge is 0.241 e. The van der Waals surface area contributed by atoms with E-state index in [2.05, 4.69) is 4.98 Å². The van der Waals surface area contributed by atoms with Crippen LogP contribution >= 0.6 is 0 Å². The second-order valence-electron chi connectivity index (χ2n) is 2.76. The van der Waals surface area contributed by atoms with Gasteiger partial charge < -0.3 is 4.90 Å². The van der Waals surface area contributed by atoms with E-state index in [1.165, 1.54) is 18.3 Å². The molecule has 0 aromatic carbocycles. The molecule has 6 heteroatoms. The minimum absolute atomic E-state index is 0.0417. The molecule has 1 aromatic rings. The van der Waals surface area contributed by atoms with Crippen molar-refractivity contribution in [2.75, 3.05) is 19.0 Å². The third kappa shape index (κ3) is 2.16. The average Bonchev–Trinajstić information content (AvgIpc) is 2.03. The lowest BCUT2D eigenvalue weighted by Crippen LogP contribution is -2.19. The fraction of sp³-hybridized carbons (Fsp3) is 0.286. The summed E-state index contributed by atoms with van der Waals surface area (Å²) in [6.45, 7) is 0. The topological polar surface area (TPSA) is 76.3 Å². The van der Waals surface area contributed by atoms with Crippen molar-refractivity contribution in [3.8, 4) is 0 Å². The molecule has 0 fully saturated rings. The van der Waals surface area contributed by atoms with Crippen molar-refractivity contribution in [3.05, 3.63) is 18.3 Å². The summed E-state index contributed by atoms with van der Waals surface area (Å²) >= 11 is 0. The molecule has 0 atom stereocenters. The molecule has 2 N–H and O–H groups in total. The Labute approximate surface area is 77.2 Å². The Kier molecular flexibility index (Phi) is 2.53. The number of nitrogens with zero attached hydrogens (tertiary/aromatic N) is 2. The van der Waals surface area contributed by atoms with Gasteiger partial charge in [-0.2, -0.15) is 0 Å². The standard InChI is InChI=1S/C7H11N3O2S/c1-10(2)7-6(13(8,11)12)4-3-5-9-7/h3-5H,1-2H3,(H2,8,11,12). The van der Waals surface area contributed by atoms with Crippen molar-refractivity contribution in [1.82, 2.24) is 4.98 Å². The molecule has 13 heavy (non-hydrogen) atoms. The molecular weight excluding hydrogens is 190 g/mol. The molecule has 0 spiro atoms. The van der Waals surface area contributed by atoms with E-state index >= 15 is 0 Å². The molecule has 0 unspecified atom stereocenters. The van der Waals surface area contributed by atoms with Crippen molar-refractivity contribution in [2.24, 2.45) is 5.14 Å². The van der Waals surface area contributed by atoms with E-state index in [1.807, 2.05) is 0 Å². The third-order valence-electron chi connectivity index (χ3n) is 1.48. The highest BCUT2D eigenvalue weighted by molar-refractivity contribution is 7.89. The van der Waals surface area contributed by atoms with Gasteiger partial charge >= 0.3 is 0 Å². The van der Waals surface area contributed by atoms with E-state index in [-0.39, 0.29) is 4.90 Å². The van der Waals surface area contributed by atoms with Gasteiger partial charge in [0.05, 0.1) is 0 Å². The molecule has 0 radical (unpaired) electrons. The van der Waals surface area contributed by atoms with Crippen LogP contribution < -0.4 is 10.0 Å². The summed E-state index contributed by atoms with van der Waals surface area (Å²) in [5, 5.41) is 5.00.